The number of carboxylic acids is 1. The summed E-state index contributed by atoms with van der Waals surface area (Å²) in [6.45, 7) is 0. The third-order valence-electron chi connectivity index (χ3n) is 3.30. The van der Waals surface area contributed by atoms with E-state index in [-0.39, 0.29) is 21.2 Å². The van der Waals surface area contributed by atoms with Crippen molar-refractivity contribution in [2.24, 2.45) is 0 Å². The van der Waals surface area contributed by atoms with Crippen LogP contribution in [0.2, 0.25) is 5.02 Å². The Balaban J connectivity index is 2.46. The lowest BCUT2D eigenvalue weighted by Crippen LogP contribution is -2.30. The number of nitrogens with one attached hydrogen (secondary N) is 1. The van der Waals surface area contributed by atoms with Crippen LogP contribution < -0.4 is 4.72 Å². The van der Waals surface area contributed by atoms with Crippen LogP contribution in [0.4, 0.5) is 5.69 Å². The van der Waals surface area contributed by atoms with E-state index < -0.39 is 33.4 Å². The van der Waals surface area contributed by atoms with Crippen molar-refractivity contribution in [1.29, 1.82) is 0 Å². The van der Waals surface area contributed by atoms with Gasteiger partial charge >= 0.3 is 5.97 Å². The van der Waals surface area contributed by atoms with Gasteiger partial charge in [-0.15, -0.1) is 0 Å². The summed E-state index contributed by atoms with van der Waals surface area (Å²) >= 11 is 6.00. The van der Waals surface area contributed by atoms with Gasteiger partial charge in [0.2, 0.25) is 10.0 Å². The molecule has 0 unspecified atom stereocenters. The molecule has 0 aliphatic heterocycles. The fraction of sp³-hybridized carbons (Fsp3) is 0.133. The van der Waals surface area contributed by atoms with Gasteiger partial charge in [0, 0.05) is 17.2 Å². The first-order valence-electron chi connectivity index (χ1n) is 6.93. The highest BCUT2D eigenvalue weighted by molar-refractivity contribution is 7.89. The summed E-state index contributed by atoms with van der Waals surface area (Å²) in [5.41, 5.74) is -0.313. The quantitative estimate of drug-likeness (QED) is 0.558. The molecular weight excluding hydrogens is 372 g/mol. The van der Waals surface area contributed by atoms with Crippen LogP contribution in [0.25, 0.3) is 0 Å². The first-order valence-corrected chi connectivity index (χ1v) is 8.80. The number of hydrogen-bond acceptors (Lipinski definition) is 5. The van der Waals surface area contributed by atoms with E-state index in [9.17, 15) is 23.3 Å². The number of benzene rings is 2. The highest BCUT2D eigenvalue weighted by Crippen LogP contribution is 2.30. The number of carbonyl (C=O) groups is 1. The molecule has 0 saturated heterocycles. The average Bonchev–Trinajstić information content (AvgIpc) is 2.54. The zero-order valence-corrected chi connectivity index (χ0v) is 14.2. The minimum absolute atomic E-state index is 0.0118. The van der Waals surface area contributed by atoms with Crippen molar-refractivity contribution in [3.05, 3.63) is 69.2 Å². The lowest BCUT2D eigenvalue weighted by atomic mass is 10.0. The van der Waals surface area contributed by atoms with Crippen LogP contribution in [-0.4, -0.2) is 24.4 Å². The molecule has 10 heteroatoms. The van der Waals surface area contributed by atoms with Gasteiger partial charge in [-0.1, -0.05) is 29.8 Å². The highest BCUT2D eigenvalue weighted by atomic mass is 35.5. The van der Waals surface area contributed by atoms with Crippen LogP contribution >= 0.6 is 11.6 Å². The third-order valence-corrected chi connectivity index (χ3v) is 5.13. The monoisotopic (exact) mass is 384 g/mol. The fourth-order valence-electron chi connectivity index (χ4n) is 2.16. The second-order valence-corrected chi connectivity index (χ2v) is 7.17. The average molecular weight is 385 g/mol. The summed E-state index contributed by atoms with van der Waals surface area (Å²) in [6.07, 6.45) is -0.632. The van der Waals surface area contributed by atoms with E-state index in [0.717, 1.165) is 12.1 Å². The van der Waals surface area contributed by atoms with E-state index in [1.54, 1.807) is 6.07 Å². The summed E-state index contributed by atoms with van der Waals surface area (Å²) in [6, 6.07) is 9.51. The molecule has 1 atom stereocenters. The van der Waals surface area contributed by atoms with Crippen LogP contribution in [0.15, 0.2) is 53.4 Å². The van der Waals surface area contributed by atoms with Gasteiger partial charge in [0.05, 0.1) is 22.3 Å². The SMILES string of the molecule is O=C(O)C[C@@H](NS(=O)(=O)c1ccccc1)c1cc([N+](=O)[O-])ccc1Cl. The van der Waals surface area contributed by atoms with Gasteiger partial charge in [-0.3, -0.25) is 14.9 Å². The summed E-state index contributed by atoms with van der Waals surface area (Å²) in [5, 5.41) is 20.0. The molecular formula is C15H13ClN2O6S. The molecule has 2 aromatic rings. The van der Waals surface area contributed by atoms with E-state index >= 15 is 0 Å². The van der Waals surface area contributed by atoms with Crippen molar-refractivity contribution in [3.8, 4) is 0 Å². The largest absolute Gasteiger partial charge is 0.481 e. The van der Waals surface area contributed by atoms with Crippen molar-refractivity contribution in [2.75, 3.05) is 0 Å². The van der Waals surface area contributed by atoms with E-state index in [2.05, 4.69) is 4.72 Å². The normalized spacial score (nSPS) is 12.5. The molecule has 0 fully saturated rings. The van der Waals surface area contributed by atoms with E-state index in [1.165, 1.54) is 30.3 Å². The molecule has 0 aromatic heterocycles. The van der Waals surface area contributed by atoms with Crippen LogP contribution in [0.1, 0.15) is 18.0 Å². The topological polar surface area (TPSA) is 127 Å². The van der Waals surface area contributed by atoms with Gasteiger partial charge in [0.25, 0.3) is 5.69 Å². The van der Waals surface area contributed by atoms with E-state index in [0.29, 0.717) is 0 Å². The minimum Gasteiger partial charge on any atom is -0.481 e. The Hall–Kier alpha value is -2.49. The smallest absolute Gasteiger partial charge is 0.305 e. The Morgan fingerprint density at radius 3 is 2.44 bits per heavy atom. The molecule has 8 nitrogen and oxygen atoms in total. The van der Waals surface area contributed by atoms with Gasteiger partial charge in [-0.05, 0) is 23.8 Å². The van der Waals surface area contributed by atoms with Crippen molar-refractivity contribution in [2.45, 2.75) is 17.4 Å². The summed E-state index contributed by atoms with van der Waals surface area (Å²) in [4.78, 5) is 21.3. The number of nitro groups is 1. The number of aliphatic carboxylic acids is 1. The fourth-order valence-corrected chi connectivity index (χ4v) is 3.64. The van der Waals surface area contributed by atoms with Crippen molar-refractivity contribution < 1.29 is 23.2 Å². The molecule has 0 radical (unpaired) electrons. The van der Waals surface area contributed by atoms with Crippen molar-refractivity contribution >= 4 is 33.3 Å². The predicted molar refractivity (Wildman–Crippen MR) is 89.9 cm³/mol. The molecule has 2 N–H and O–H groups in total. The number of carboxylic acid groups (broad SMARTS) is 1. The number of sulfonamides is 1. The Bertz CT molecular complexity index is 901. The van der Waals surface area contributed by atoms with Crippen LogP contribution in [-0.2, 0) is 14.8 Å². The molecule has 0 saturated carbocycles. The Kier molecular flexibility index (Phi) is 5.73. The van der Waals surface area contributed by atoms with Gasteiger partial charge < -0.3 is 5.11 Å². The first-order chi connectivity index (χ1) is 11.7. The zero-order chi connectivity index (χ0) is 18.6. The number of rotatable bonds is 7. The van der Waals surface area contributed by atoms with E-state index in [4.69, 9.17) is 16.7 Å². The van der Waals surface area contributed by atoms with Gasteiger partial charge in [-0.2, -0.15) is 0 Å². The molecule has 25 heavy (non-hydrogen) atoms. The number of nitro benzene ring substituents is 1. The molecule has 0 heterocycles. The van der Waals surface area contributed by atoms with Gasteiger partial charge in [0.15, 0.2) is 0 Å². The number of nitrogens with zero attached hydrogens (tertiary/aromatic N) is 1. The molecule has 0 bridgehead atoms. The standard InChI is InChI=1S/C15H13ClN2O6S/c16-13-7-6-10(18(21)22)8-12(13)14(9-15(19)20)17-25(23,24)11-4-2-1-3-5-11/h1-8,14,17H,9H2,(H,19,20)/t14-/m1/s1. The molecule has 2 aromatic carbocycles. The lowest BCUT2D eigenvalue weighted by Gasteiger charge is -2.18. The van der Waals surface area contributed by atoms with Crippen LogP contribution in [0.5, 0.6) is 0 Å². The zero-order valence-electron chi connectivity index (χ0n) is 12.6. The summed E-state index contributed by atoms with van der Waals surface area (Å²) in [7, 11) is -4.04. The molecule has 0 aliphatic rings. The van der Waals surface area contributed by atoms with Gasteiger partial charge in [0.1, 0.15) is 0 Å². The molecule has 2 rings (SSSR count). The second-order valence-electron chi connectivity index (χ2n) is 5.05. The first kappa shape index (κ1) is 18.8. The molecule has 0 aliphatic carbocycles. The Morgan fingerprint density at radius 1 is 1.24 bits per heavy atom. The highest BCUT2D eigenvalue weighted by Gasteiger charge is 2.26. The van der Waals surface area contributed by atoms with Crippen molar-refractivity contribution in [1.82, 2.24) is 4.72 Å². The number of halogens is 1. The summed E-state index contributed by atoms with van der Waals surface area (Å²) in [5.74, 6) is -1.29. The molecule has 132 valence electrons. The summed E-state index contributed by atoms with van der Waals surface area (Å²) < 4.78 is 27.1. The molecule has 0 amide bonds. The predicted octanol–water partition coefficient (Wildman–Crippen LogP) is 2.74. The maximum absolute atomic E-state index is 12.4. The number of hydrogen-bond donors (Lipinski definition) is 2. The second kappa shape index (κ2) is 7.60. The lowest BCUT2D eigenvalue weighted by molar-refractivity contribution is -0.384. The van der Waals surface area contributed by atoms with E-state index in [1.807, 2.05) is 0 Å². The van der Waals surface area contributed by atoms with Crippen LogP contribution in [0, 0.1) is 10.1 Å². The van der Waals surface area contributed by atoms with Gasteiger partial charge in [-0.25, -0.2) is 13.1 Å². The van der Waals surface area contributed by atoms with Crippen molar-refractivity contribution in [3.63, 3.8) is 0 Å². The maximum Gasteiger partial charge on any atom is 0.305 e. The third kappa shape index (κ3) is 4.75. The molecule has 0 spiro atoms. The Labute approximate surface area is 148 Å². The number of non-ortho nitro benzene ring substituents is 1. The maximum atomic E-state index is 12.4. The van der Waals surface area contributed by atoms with Crippen LogP contribution in [0.3, 0.4) is 0 Å². The Morgan fingerprint density at radius 2 is 1.88 bits per heavy atom. The minimum atomic E-state index is -4.04.